The lowest BCUT2D eigenvalue weighted by molar-refractivity contribution is -0.137. The second kappa shape index (κ2) is 10.7. The lowest BCUT2D eigenvalue weighted by Crippen LogP contribution is -2.34. The number of ether oxygens (including phenoxy) is 1. The quantitative estimate of drug-likeness (QED) is 0.445. The van der Waals surface area contributed by atoms with Gasteiger partial charge in [0.2, 0.25) is 5.91 Å². The summed E-state index contributed by atoms with van der Waals surface area (Å²) < 4.78 is 5.47. The van der Waals surface area contributed by atoms with E-state index in [1.165, 1.54) is 0 Å². The fraction of sp³-hybridized carbons (Fsp3) is 0.222. The van der Waals surface area contributed by atoms with Gasteiger partial charge in [0.05, 0.1) is 12.5 Å². The van der Waals surface area contributed by atoms with Crippen LogP contribution in [0, 0.1) is 0 Å². The van der Waals surface area contributed by atoms with E-state index in [0.29, 0.717) is 5.56 Å². The van der Waals surface area contributed by atoms with Gasteiger partial charge in [0.1, 0.15) is 6.61 Å². The van der Waals surface area contributed by atoms with Crippen molar-refractivity contribution in [2.75, 3.05) is 13.2 Å². The predicted molar refractivity (Wildman–Crippen MR) is 127 cm³/mol. The number of nitrogens with one attached hydrogen (secondary N) is 2. The Bertz CT molecular complexity index is 1130. The Morgan fingerprint density at radius 2 is 1.44 bits per heavy atom. The Balaban J connectivity index is 1.26. The van der Waals surface area contributed by atoms with E-state index in [1.807, 2.05) is 42.5 Å². The van der Waals surface area contributed by atoms with E-state index in [-0.39, 0.29) is 37.8 Å². The van der Waals surface area contributed by atoms with Gasteiger partial charge in [0.15, 0.2) is 0 Å². The number of hydrogen-bond donors (Lipinski definition) is 3. The lowest BCUT2D eigenvalue weighted by Gasteiger charge is -2.18. The molecule has 1 unspecified atom stereocenters. The van der Waals surface area contributed by atoms with Crippen molar-refractivity contribution < 1.29 is 24.2 Å². The van der Waals surface area contributed by atoms with Gasteiger partial charge in [-0.3, -0.25) is 9.59 Å². The van der Waals surface area contributed by atoms with E-state index < -0.39 is 18.1 Å². The molecule has 7 heteroatoms. The van der Waals surface area contributed by atoms with E-state index in [9.17, 15) is 14.4 Å². The fourth-order valence-corrected chi connectivity index (χ4v) is 4.31. The van der Waals surface area contributed by atoms with E-state index in [4.69, 9.17) is 9.84 Å². The molecule has 174 valence electrons. The molecule has 0 aliphatic heterocycles. The zero-order chi connectivity index (χ0) is 23.9. The van der Waals surface area contributed by atoms with Crippen molar-refractivity contribution in [3.8, 4) is 11.1 Å². The zero-order valence-corrected chi connectivity index (χ0v) is 18.6. The third-order valence-corrected chi connectivity index (χ3v) is 5.88. The van der Waals surface area contributed by atoms with Crippen molar-refractivity contribution in [3.05, 3.63) is 95.6 Å². The highest BCUT2D eigenvalue weighted by atomic mass is 16.5. The van der Waals surface area contributed by atoms with Gasteiger partial charge in [-0.2, -0.15) is 0 Å². The molecule has 0 fully saturated rings. The monoisotopic (exact) mass is 458 g/mol. The minimum atomic E-state index is -1.01. The topological polar surface area (TPSA) is 105 Å². The van der Waals surface area contributed by atoms with Crippen molar-refractivity contribution in [2.24, 2.45) is 0 Å². The highest BCUT2D eigenvalue weighted by Gasteiger charge is 2.29. The third-order valence-electron chi connectivity index (χ3n) is 5.88. The summed E-state index contributed by atoms with van der Waals surface area (Å²) in [4.78, 5) is 35.8. The van der Waals surface area contributed by atoms with Crippen LogP contribution in [0.15, 0.2) is 78.9 Å². The summed E-state index contributed by atoms with van der Waals surface area (Å²) in [5.74, 6) is -1.40. The number of rotatable bonds is 9. The molecule has 2 amide bonds. The molecular weight excluding hydrogens is 432 g/mol. The number of benzene rings is 3. The van der Waals surface area contributed by atoms with E-state index in [2.05, 4.69) is 22.8 Å². The minimum absolute atomic E-state index is 0.00709. The molecule has 0 saturated heterocycles. The van der Waals surface area contributed by atoms with Crippen molar-refractivity contribution in [1.82, 2.24) is 10.6 Å². The lowest BCUT2D eigenvalue weighted by atomic mass is 9.98. The molecule has 1 aliphatic rings. The van der Waals surface area contributed by atoms with Crippen LogP contribution in [0.5, 0.6) is 0 Å². The molecule has 1 atom stereocenters. The second-order valence-corrected chi connectivity index (χ2v) is 8.13. The summed E-state index contributed by atoms with van der Waals surface area (Å²) in [5.41, 5.74) is 5.27. The molecule has 7 nitrogen and oxygen atoms in total. The smallest absolute Gasteiger partial charge is 0.407 e. The van der Waals surface area contributed by atoms with Crippen LogP contribution in [0.1, 0.15) is 41.5 Å². The average Bonchev–Trinajstić information content (AvgIpc) is 3.16. The summed E-state index contributed by atoms with van der Waals surface area (Å²) in [5, 5.41) is 14.5. The second-order valence-electron chi connectivity index (χ2n) is 8.13. The molecule has 0 saturated carbocycles. The highest BCUT2D eigenvalue weighted by Crippen LogP contribution is 2.44. The standard InChI is InChI=1S/C27H26N2O5/c30-25(29-24(16-26(31)32)18-8-2-1-3-9-18)14-15-28-27(33)34-17-23-21-12-6-4-10-19(21)20-11-5-7-13-22(20)23/h1-13,23-24H,14-17H2,(H,28,33)(H,29,30)(H,31,32). The van der Waals surface area contributed by atoms with E-state index in [0.717, 1.165) is 22.3 Å². The molecule has 1 aliphatic carbocycles. The first-order valence-electron chi connectivity index (χ1n) is 11.2. The Morgan fingerprint density at radius 3 is 2.06 bits per heavy atom. The molecule has 0 bridgehead atoms. The van der Waals surface area contributed by atoms with Crippen LogP contribution in [-0.4, -0.2) is 36.2 Å². The van der Waals surface area contributed by atoms with Crippen molar-refractivity contribution in [1.29, 1.82) is 0 Å². The fourth-order valence-electron chi connectivity index (χ4n) is 4.31. The maximum atomic E-state index is 12.3. The number of carbonyl (C=O) groups is 3. The average molecular weight is 459 g/mol. The minimum Gasteiger partial charge on any atom is -0.481 e. The molecule has 3 aromatic rings. The van der Waals surface area contributed by atoms with Crippen LogP contribution in [-0.2, 0) is 14.3 Å². The van der Waals surface area contributed by atoms with Gasteiger partial charge in [-0.1, -0.05) is 78.9 Å². The molecule has 3 aromatic carbocycles. The van der Waals surface area contributed by atoms with Gasteiger partial charge in [-0.05, 0) is 27.8 Å². The first kappa shape index (κ1) is 23.0. The van der Waals surface area contributed by atoms with Gasteiger partial charge in [0, 0.05) is 18.9 Å². The largest absolute Gasteiger partial charge is 0.481 e. The van der Waals surface area contributed by atoms with Gasteiger partial charge in [-0.25, -0.2) is 4.79 Å². The number of carboxylic acid groups (broad SMARTS) is 1. The SMILES string of the molecule is O=C(O)CC(NC(=O)CCNC(=O)OCC1c2ccccc2-c2ccccc21)c1ccccc1. The molecular formula is C27H26N2O5. The molecule has 0 radical (unpaired) electrons. The summed E-state index contributed by atoms with van der Waals surface area (Å²) in [6.45, 7) is 0.276. The number of amides is 2. The molecule has 4 rings (SSSR count). The van der Waals surface area contributed by atoms with Gasteiger partial charge in [0.25, 0.3) is 0 Å². The van der Waals surface area contributed by atoms with E-state index in [1.54, 1.807) is 24.3 Å². The molecule has 3 N–H and O–H groups in total. The number of aliphatic carboxylic acids is 1. The Hall–Kier alpha value is -4.13. The maximum Gasteiger partial charge on any atom is 0.407 e. The van der Waals surface area contributed by atoms with Gasteiger partial charge >= 0.3 is 12.1 Å². The summed E-state index contributed by atoms with van der Waals surface area (Å²) >= 11 is 0. The van der Waals surface area contributed by atoms with Crippen molar-refractivity contribution >= 4 is 18.0 Å². The number of alkyl carbamates (subject to hydrolysis) is 1. The normalized spacial score (nSPS) is 12.8. The molecule has 0 spiro atoms. The summed E-state index contributed by atoms with van der Waals surface area (Å²) in [6.07, 6.45) is -0.817. The van der Waals surface area contributed by atoms with Crippen LogP contribution in [0.25, 0.3) is 11.1 Å². The van der Waals surface area contributed by atoms with Gasteiger partial charge in [-0.15, -0.1) is 0 Å². The van der Waals surface area contributed by atoms with Crippen LogP contribution >= 0.6 is 0 Å². The number of carbonyl (C=O) groups excluding carboxylic acids is 2. The van der Waals surface area contributed by atoms with Crippen LogP contribution in [0.2, 0.25) is 0 Å². The number of hydrogen-bond acceptors (Lipinski definition) is 4. The summed E-state index contributed by atoms with van der Waals surface area (Å²) in [7, 11) is 0. The van der Waals surface area contributed by atoms with Crippen LogP contribution in [0.4, 0.5) is 4.79 Å². The molecule has 34 heavy (non-hydrogen) atoms. The van der Waals surface area contributed by atoms with Crippen LogP contribution in [0.3, 0.4) is 0 Å². The summed E-state index contributed by atoms with van der Waals surface area (Å²) in [6, 6.07) is 24.5. The third kappa shape index (κ3) is 5.43. The van der Waals surface area contributed by atoms with Crippen LogP contribution < -0.4 is 10.6 Å². The molecule has 0 aromatic heterocycles. The predicted octanol–water partition coefficient (Wildman–Crippen LogP) is 4.25. The van der Waals surface area contributed by atoms with E-state index >= 15 is 0 Å². The first-order valence-corrected chi connectivity index (χ1v) is 11.2. The first-order chi connectivity index (χ1) is 16.5. The Labute approximate surface area is 197 Å². The Kier molecular flexibility index (Phi) is 7.22. The van der Waals surface area contributed by atoms with Gasteiger partial charge < -0.3 is 20.5 Å². The number of carboxylic acids is 1. The highest BCUT2D eigenvalue weighted by molar-refractivity contribution is 5.80. The van der Waals surface area contributed by atoms with Crippen molar-refractivity contribution in [2.45, 2.75) is 24.8 Å². The maximum absolute atomic E-state index is 12.3. The molecule has 0 heterocycles. The Morgan fingerprint density at radius 1 is 0.853 bits per heavy atom. The number of fused-ring (bicyclic) bond motifs is 3. The van der Waals surface area contributed by atoms with Crippen molar-refractivity contribution in [3.63, 3.8) is 0 Å². The zero-order valence-electron chi connectivity index (χ0n) is 18.6.